The summed E-state index contributed by atoms with van der Waals surface area (Å²) in [7, 11) is 0. The smallest absolute Gasteiger partial charge is 0.134 e. The normalized spacial score (nSPS) is 9.79. The van der Waals surface area contributed by atoms with Crippen LogP contribution in [0.1, 0.15) is 85.8 Å². The largest absolute Gasteiger partial charge is 0.379 e. The molecule has 0 fully saturated rings. The zero-order valence-electron chi connectivity index (χ0n) is 18.8. The molecule has 0 aromatic carbocycles. The van der Waals surface area contributed by atoms with E-state index in [1.54, 1.807) is 11.6 Å². The first-order chi connectivity index (χ1) is 13.6. The zero-order valence-corrected chi connectivity index (χ0v) is 18.8. The fourth-order valence-corrected chi connectivity index (χ4v) is 2.10. The molecule has 0 N–H and O–H groups in total. The second kappa shape index (κ2) is 21.7. The summed E-state index contributed by atoms with van der Waals surface area (Å²) in [5, 5.41) is 8.12. The Labute approximate surface area is 171 Å². The van der Waals surface area contributed by atoms with E-state index >= 15 is 0 Å². The third kappa shape index (κ3) is 17.8. The number of ketones is 2. The van der Waals surface area contributed by atoms with Crippen molar-refractivity contribution in [3.63, 3.8) is 0 Å². The summed E-state index contributed by atoms with van der Waals surface area (Å²) in [4.78, 5) is 21.9. The van der Waals surface area contributed by atoms with Gasteiger partial charge >= 0.3 is 0 Å². The molecule has 1 heterocycles. The van der Waals surface area contributed by atoms with Gasteiger partial charge < -0.3 is 14.3 Å². The number of Topliss-reactive ketones (excluding diaryl/α,β-unsaturated/α-hetero) is 2. The van der Waals surface area contributed by atoms with Gasteiger partial charge in [0.2, 0.25) is 0 Å². The maximum Gasteiger partial charge on any atom is 0.134 e. The molecule has 0 spiro atoms. The van der Waals surface area contributed by atoms with Crippen LogP contribution in [0.3, 0.4) is 0 Å². The molecule has 0 radical (unpaired) electrons. The molecule has 0 atom stereocenters. The number of nitrogens with zero attached hydrogens (tertiary/aromatic N) is 3. The van der Waals surface area contributed by atoms with Crippen LogP contribution >= 0.6 is 0 Å². The predicted molar refractivity (Wildman–Crippen MR) is 112 cm³/mol. The number of carbonyl (C=O) groups excluding carboxylic acids is 2. The molecule has 0 saturated heterocycles. The van der Waals surface area contributed by atoms with Gasteiger partial charge in [-0.1, -0.05) is 46.3 Å². The molecule has 0 saturated carbocycles. The van der Waals surface area contributed by atoms with Gasteiger partial charge in [0.15, 0.2) is 0 Å². The number of hydrogen-bond acceptors (Lipinski definition) is 6. The molecule has 0 aliphatic heterocycles. The molecule has 164 valence electrons. The lowest BCUT2D eigenvalue weighted by molar-refractivity contribution is -0.120. The van der Waals surface area contributed by atoms with Crippen LogP contribution in [0.5, 0.6) is 0 Å². The standard InChI is InChI=1S/C17H29N3O4.2C2H6/c1-3-17(22)8-10-23-11-12-24-14-16-13-20(19-18-16)9-6-4-5-7-15(2)21;2*1-2/h13H,3-12,14H2,1-2H3;2*1-2H3. The zero-order chi connectivity index (χ0) is 21.6. The first-order valence-corrected chi connectivity index (χ1v) is 10.7. The van der Waals surface area contributed by atoms with Crippen molar-refractivity contribution in [1.29, 1.82) is 0 Å². The van der Waals surface area contributed by atoms with Crippen molar-refractivity contribution >= 4 is 11.6 Å². The number of ether oxygens (including phenoxy) is 2. The van der Waals surface area contributed by atoms with Crippen LogP contribution in [0, 0.1) is 0 Å². The lowest BCUT2D eigenvalue weighted by Crippen LogP contribution is -2.08. The quantitative estimate of drug-likeness (QED) is 0.407. The van der Waals surface area contributed by atoms with Gasteiger partial charge in [-0.25, -0.2) is 0 Å². The van der Waals surface area contributed by atoms with Crippen LogP contribution in [0.4, 0.5) is 0 Å². The molecule has 0 amide bonds. The highest BCUT2D eigenvalue weighted by Gasteiger charge is 2.02. The van der Waals surface area contributed by atoms with Crippen molar-refractivity contribution in [2.75, 3.05) is 19.8 Å². The molecule has 0 aliphatic rings. The van der Waals surface area contributed by atoms with E-state index < -0.39 is 0 Å². The van der Waals surface area contributed by atoms with Gasteiger partial charge in [0.1, 0.15) is 17.3 Å². The lowest BCUT2D eigenvalue weighted by atomic mass is 10.1. The number of aryl methyl sites for hydroxylation is 1. The first kappa shape index (κ1) is 28.6. The Morgan fingerprint density at radius 2 is 1.64 bits per heavy atom. The molecule has 7 heteroatoms. The van der Waals surface area contributed by atoms with Crippen molar-refractivity contribution in [3.8, 4) is 0 Å². The molecule has 1 aromatic heterocycles. The number of unbranched alkanes of at least 4 members (excludes halogenated alkanes) is 2. The summed E-state index contributed by atoms with van der Waals surface area (Å²) in [6.07, 6.45) is 6.51. The third-order valence-electron chi connectivity index (χ3n) is 3.54. The molecular formula is C21H41N3O4. The first-order valence-electron chi connectivity index (χ1n) is 10.7. The highest BCUT2D eigenvalue weighted by Crippen LogP contribution is 2.03. The summed E-state index contributed by atoms with van der Waals surface area (Å²) < 4.78 is 12.6. The van der Waals surface area contributed by atoms with E-state index in [2.05, 4.69) is 10.3 Å². The van der Waals surface area contributed by atoms with E-state index in [1.165, 1.54) is 0 Å². The SMILES string of the molecule is CC.CC.CCC(=O)CCOCCOCc1cn(CCCCCC(C)=O)nn1. The topological polar surface area (TPSA) is 83.3 Å². The Bertz CT molecular complexity index is 490. The van der Waals surface area contributed by atoms with Gasteiger partial charge in [-0.05, 0) is 19.8 Å². The second-order valence-corrected chi connectivity index (χ2v) is 5.79. The van der Waals surface area contributed by atoms with Gasteiger partial charge in [-0.15, -0.1) is 5.10 Å². The second-order valence-electron chi connectivity index (χ2n) is 5.79. The lowest BCUT2D eigenvalue weighted by Gasteiger charge is -2.03. The average Bonchev–Trinajstić information content (AvgIpc) is 3.17. The van der Waals surface area contributed by atoms with Crippen LogP contribution in [-0.4, -0.2) is 46.4 Å². The molecule has 1 rings (SSSR count). The van der Waals surface area contributed by atoms with Crippen LogP contribution in [0.15, 0.2) is 6.20 Å². The summed E-state index contributed by atoms with van der Waals surface area (Å²) in [5.74, 6) is 0.463. The van der Waals surface area contributed by atoms with Gasteiger partial charge in [0.25, 0.3) is 0 Å². The van der Waals surface area contributed by atoms with Crippen molar-refractivity contribution in [1.82, 2.24) is 15.0 Å². The highest BCUT2D eigenvalue weighted by atomic mass is 16.5. The van der Waals surface area contributed by atoms with Crippen molar-refractivity contribution in [2.24, 2.45) is 0 Å². The maximum atomic E-state index is 11.1. The molecule has 1 aromatic rings. The third-order valence-corrected chi connectivity index (χ3v) is 3.54. The minimum absolute atomic E-state index is 0.217. The Hall–Kier alpha value is -1.60. The molecule has 7 nitrogen and oxygen atoms in total. The predicted octanol–water partition coefficient (Wildman–Crippen LogP) is 4.38. The summed E-state index contributed by atoms with van der Waals surface area (Å²) in [6.45, 7) is 14.1. The van der Waals surface area contributed by atoms with E-state index in [1.807, 2.05) is 40.8 Å². The van der Waals surface area contributed by atoms with Crippen LogP contribution in [0.25, 0.3) is 0 Å². The minimum Gasteiger partial charge on any atom is -0.379 e. The van der Waals surface area contributed by atoms with E-state index in [9.17, 15) is 9.59 Å². The number of hydrogen-bond donors (Lipinski definition) is 0. The number of aromatic nitrogens is 3. The van der Waals surface area contributed by atoms with E-state index in [0.29, 0.717) is 45.7 Å². The Balaban J connectivity index is 0. The van der Waals surface area contributed by atoms with Crippen LogP contribution < -0.4 is 0 Å². The summed E-state index contributed by atoms with van der Waals surface area (Å²) in [6, 6.07) is 0. The fraction of sp³-hybridized carbons (Fsp3) is 0.810. The Morgan fingerprint density at radius 3 is 2.29 bits per heavy atom. The monoisotopic (exact) mass is 399 g/mol. The summed E-state index contributed by atoms with van der Waals surface area (Å²) >= 11 is 0. The molecule has 28 heavy (non-hydrogen) atoms. The van der Waals surface area contributed by atoms with Crippen molar-refractivity contribution in [3.05, 3.63) is 11.9 Å². The van der Waals surface area contributed by atoms with Gasteiger partial charge in [0, 0.05) is 25.8 Å². The van der Waals surface area contributed by atoms with Gasteiger partial charge in [0.05, 0.1) is 32.6 Å². The Kier molecular flexibility index (Phi) is 22.2. The van der Waals surface area contributed by atoms with Crippen LogP contribution in [0.2, 0.25) is 0 Å². The van der Waals surface area contributed by atoms with E-state index in [0.717, 1.165) is 31.5 Å². The van der Waals surface area contributed by atoms with Gasteiger partial charge in [-0.2, -0.15) is 0 Å². The number of carbonyl (C=O) groups is 2. The maximum absolute atomic E-state index is 11.1. The molecule has 0 bridgehead atoms. The molecular weight excluding hydrogens is 358 g/mol. The average molecular weight is 400 g/mol. The van der Waals surface area contributed by atoms with Gasteiger partial charge in [-0.3, -0.25) is 9.48 Å². The van der Waals surface area contributed by atoms with Crippen LogP contribution in [-0.2, 0) is 32.2 Å². The van der Waals surface area contributed by atoms with E-state index in [-0.39, 0.29) is 11.6 Å². The summed E-state index contributed by atoms with van der Waals surface area (Å²) in [5.41, 5.74) is 0.792. The van der Waals surface area contributed by atoms with Crippen molar-refractivity contribution < 1.29 is 19.1 Å². The fourth-order valence-electron chi connectivity index (χ4n) is 2.10. The molecule has 0 aliphatic carbocycles. The molecule has 0 unspecified atom stereocenters. The number of rotatable bonds is 15. The minimum atomic E-state index is 0.217. The van der Waals surface area contributed by atoms with E-state index in [4.69, 9.17) is 9.47 Å². The highest BCUT2D eigenvalue weighted by molar-refractivity contribution is 5.78. The Morgan fingerprint density at radius 1 is 0.964 bits per heavy atom. The van der Waals surface area contributed by atoms with Crippen molar-refractivity contribution in [2.45, 2.75) is 93.2 Å².